The van der Waals surface area contributed by atoms with Gasteiger partial charge in [0, 0.05) is 13.3 Å². The maximum absolute atomic E-state index is 10.9. The quantitative estimate of drug-likeness (QED) is 0.212. The standard InChI is InChI=1S/C14H25NO11/c1-5(17)15-26-8-2-6(18)9(19)11(25-8)13(22)14(23)4-24-7(3-16)10(20)12(14)21/h6-13,16,18-23H,2-4H2,1H3,(H,15,17)/t6-,7-,8-,9-,10+,11+,12+,13?,14-/m1/s1. The lowest BCUT2D eigenvalue weighted by Gasteiger charge is -2.49. The van der Waals surface area contributed by atoms with Crippen molar-refractivity contribution in [3.8, 4) is 0 Å². The van der Waals surface area contributed by atoms with Crippen LogP contribution in [0.25, 0.3) is 0 Å². The van der Waals surface area contributed by atoms with Crippen molar-refractivity contribution in [2.24, 2.45) is 0 Å². The molecule has 1 amide bonds. The van der Waals surface area contributed by atoms with Crippen LogP contribution in [0.15, 0.2) is 0 Å². The Morgan fingerprint density at radius 1 is 1.31 bits per heavy atom. The average molecular weight is 383 g/mol. The van der Waals surface area contributed by atoms with Crippen LogP contribution in [0.5, 0.6) is 0 Å². The van der Waals surface area contributed by atoms with E-state index in [1.807, 2.05) is 5.48 Å². The Hall–Kier alpha value is -0.930. The van der Waals surface area contributed by atoms with Crippen LogP contribution >= 0.6 is 0 Å². The number of ether oxygens (including phenoxy) is 2. The molecular formula is C14H25NO11. The number of hydroxylamine groups is 1. The first kappa shape index (κ1) is 21.4. The number of hydrogen-bond acceptors (Lipinski definition) is 11. The minimum atomic E-state index is -2.47. The summed E-state index contributed by atoms with van der Waals surface area (Å²) in [5, 5.41) is 70.2. The van der Waals surface area contributed by atoms with Gasteiger partial charge in [-0.25, -0.2) is 10.3 Å². The highest BCUT2D eigenvalue weighted by atomic mass is 16.8. The number of aliphatic hydroxyl groups is 7. The normalized spacial score (nSPS) is 45.2. The van der Waals surface area contributed by atoms with Gasteiger partial charge in [0.2, 0.25) is 5.91 Å². The fourth-order valence-electron chi connectivity index (χ4n) is 2.98. The number of carbonyl (C=O) groups excluding carboxylic acids is 1. The Labute approximate surface area is 148 Å². The van der Waals surface area contributed by atoms with Crippen LogP contribution in [0.3, 0.4) is 0 Å². The van der Waals surface area contributed by atoms with Gasteiger partial charge >= 0.3 is 0 Å². The first-order valence-electron chi connectivity index (χ1n) is 8.04. The Bertz CT molecular complexity index is 494. The smallest absolute Gasteiger partial charge is 0.240 e. The fourth-order valence-corrected chi connectivity index (χ4v) is 2.98. The Balaban J connectivity index is 2.14. The molecular weight excluding hydrogens is 358 g/mol. The third-order valence-electron chi connectivity index (χ3n) is 4.56. The summed E-state index contributed by atoms with van der Waals surface area (Å²) in [6.07, 6.45) is -13.1. The molecule has 0 bridgehead atoms. The minimum absolute atomic E-state index is 0.239. The molecule has 0 aromatic carbocycles. The average Bonchev–Trinajstić information content (AvgIpc) is 2.60. The summed E-state index contributed by atoms with van der Waals surface area (Å²) < 4.78 is 10.3. The molecule has 2 aliphatic heterocycles. The predicted octanol–water partition coefficient (Wildman–Crippen LogP) is -4.90. The van der Waals surface area contributed by atoms with Crippen LogP contribution in [-0.2, 0) is 19.1 Å². The number of carbonyl (C=O) groups is 1. The van der Waals surface area contributed by atoms with E-state index in [2.05, 4.69) is 0 Å². The lowest BCUT2D eigenvalue weighted by Crippen LogP contribution is -2.71. The van der Waals surface area contributed by atoms with Gasteiger partial charge in [-0.05, 0) is 0 Å². The van der Waals surface area contributed by atoms with E-state index in [1.54, 1.807) is 0 Å². The van der Waals surface area contributed by atoms with Crippen molar-refractivity contribution in [1.29, 1.82) is 0 Å². The van der Waals surface area contributed by atoms with Gasteiger partial charge in [0.1, 0.15) is 42.2 Å². The maximum atomic E-state index is 10.9. The van der Waals surface area contributed by atoms with Crippen LogP contribution < -0.4 is 5.48 Å². The topological polar surface area (TPSA) is 198 Å². The Kier molecular flexibility index (Phi) is 6.90. The van der Waals surface area contributed by atoms with E-state index in [0.717, 1.165) is 6.92 Å². The van der Waals surface area contributed by atoms with E-state index in [0.29, 0.717) is 0 Å². The fraction of sp³-hybridized carbons (Fsp3) is 0.929. The van der Waals surface area contributed by atoms with Crippen LogP contribution in [-0.4, -0.2) is 109 Å². The highest BCUT2D eigenvalue weighted by Gasteiger charge is 2.57. The van der Waals surface area contributed by atoms with Crippen LogP contribution in [0.4, 0.5) is 0 Å². The van der Waals surface area contributed by atoms with Crippen molar-refractivity contribution in [2.45, 2.75) is 68.0 Å². The molecule has 2 aliphatic rings. The van der Waals surface area contributed by atoms with Crippen molar-refractivity contribution in [3.05, 3.63) is 0 Å². The molecule has 2 rings (SSSR count). The molecule has 8 N–H and O–H groups in total. The zero-order valence-corrected chi connectivity index (χ0v) is 14.0. The molecule has 1 unspecified atom stereocenters. The molecule has 26 heavy (non-hydrogen) atoms. The van der Waals surface area contributed by atoms with Gasteiger partial charge < -0.3 is 45.2 Å². The molecule has 12 heteroatoms. The van der Waals surface area contributed by atoms with Gasteiger partial charge in [0.05, 0.1) is 19.3 Å². The molecule has 0 saturated carbocycles. The number of nitrogens with one attached hydrogen (secondary N) is 1. The number of aliphatic hydroxyl groups excluding tert-OH is 6. The number of rotatable bonds is 5. The molecule has 12 nitrogen and oxygen atoms in total. The van der Waals surface area contributed by atoms with Gasteiger partial charge in [-0.15, -0.1) is 0 Å². The second-order valence-corrected chi connectivity index (χ2v) is 6.50. The predicted molar refractivity (Wildman–Crippen MR) is 80.0 cm³/mol. The molecule has 0 aromatic rings. The van der Waals surface area contributed by atoms with Crippen molar-refractivity contribution in [1.82, 2.24) is 5.48 Å². The van der Waals surface area contributed by atoms with E-state index in [4.69, 9.17) is 19.4 Å². The SMILES string of the molecule is CC(=O)NO[C@@H]1C[C@@H](O)[C@@H](O)[C@@H](C(O)[C@@]2(O)CO[C@H](CO)[C@H](O)[C@@H]2O)O1. The molecule has 152 valence electrons. The molecule has 2 heterocycles. The van der Waals surface area contributed by atoms with Crippen LogP contribution in [0, 0.1) is 0 Å². The highest BCUT2D eigenvalue weighted by molar-refractivity contribution is 5.71. The molecule has 0 aromatic heterocycles. The zero-order valence-electron chi connectivity index (χ0n) is 14.0. The van der Waals surface area contributed by atoms with Crippen molar-refractivity contribution in [3.63, 3.8) is 0 Å². The lowest BCUT2D eigenvalue weighted by atomic mass is 9.79. The summed E-state index contributed by atoms with van der Waals surface area (Å²) in [4.78, 5) is 15.8. The highest BCUT2D eigenvalue weighted by Crippen LogP contribution is 2.33. The second-order valence-electron chi connectivity index (χ2n) is 6.50. The van der Waals surface area contributed by atoms with Crippen molar-refractivity contribution < 1.29 is 54.9 Å². The largest absolute Gasteiger partial charge is 0.394 e. The second kappa shape index (κ2) is 8.39. The van der Waals surface area contributed by atoms with Gasteiger partial charge in [-0.3, -0.25) is 4.79 Å². The molecule has 0 aliphatic carbocycles. The summed E-state index contributed by atoms with van der Waals surface area (Å²) in [5.74, 6) is -0.556. The Morgan fingerprint density at radius 3 is 2.54 bits per heavy atom. The van der Waals surface area contributed by atoms with Gasteiger partial charge in [0.25, 0.3) is 0 Å². The third kappa shape index (κ3) is 4.14. The van der Waals surface area contributed by atoms with Gasteiger partial charge in [-0.2, -0.15) is 0 Å². The first-order valence-corrected chi connectivity index (χ1v) is 8.04. The number of amides is 1. The molecule has 0 spiro atoms. The summed E-state index contributed by atoms with van der Waals surface area (Å²) in [6.45, 7) is -0.145. The van der Waals surface area contributed by atoms with Gasteiger partial charge in [0.15, 0.2) is 6.29 Å². The summed E-state index contributed by atoms with van der Waals surface area (Å²) in [7, 11) is 0. The van der Waals surface area contributed by atoms with Crippen LogP contribution in [0.1, 0.15) is 13.3 Å². The molecule has 9 atom stereocenters. The summed E-state index contributed by atoms with van der Waals surface area (Å²) in [5.41, 5.74) is -0.480. The molecule has 0 radical (unpaired) electrons. The van der Waals surface area contributed by atoms with E-state index in [-0.39, 0.29) is 6.42 Å². The van der Waals surface area contributed by atoms with Gasteiger partial charge in [-0.1, -0.05) is 0 Å². The number of hydrogen-bond donors (Lipinski definition) is 8. The van der Waals surface area contributed by atoms with Crippen molar-refractivity contribution >= 4 is 5.91 Å². The monoisotopic (exact) mass is 383 g/mol. The van der Waals surface area contributed by atoms with E-state index >= 15 is 0 Å². The maximum Gasteiger partial charge on any atom is 0.240 e. The first-order chi connectivity index (χ1) is 12.1. The summed E-state index contributed by atoms with van der Waals surface area (Å²) >= 11 is 0. The molecule has 2 fully saturated rings. The molecule has 2 saturated heterocycles. The van der Waals surface area contributed by atoms with Crippen LogP contribution in [0.2, 0.25) is 0 Å². The zero-order chi connectivity index (χ0) is 19.6. The minimum Gasteiger partial charge on any atom is -0.394 e. The summed E-state index contributed by atoms with van der Waals surface area (Å²) in [6, 6.07) is 0. The van der Waals surface area contributed by atoms with E-state index < -0.39 is 73.7 Å². The Morgan fingerprint density at radius 2 is 1.96 bits per heavy atom. The third-order valence-corrected chi connectivity index (χ3v) is 4.56. The lowest BCUT2D eigenvalue weighted by molar-refractivity contribution is -0.323. The van der Waals surface area contributed by atoms with E-state index in [9.17, 15) is 35.4 Å². The van der Waals surface area contributed by atoms with E-state index in [1.165, 1.54) is 0 Å². The van der Waals surface area contributed by atoms with Crippen molar-refractivity contribution in [2.75, 3.05) is 13.2 Å².